The van der Waals surface area contributed by atoms with E-state index in [9.17, 15) is 9.90 Å². The molecule has 1 aliphatic carbocycles. The number of methoxy groups -OCH3 is 2. The zero-order valence-corrected chi connectivity index (χ0v) is 20.3. The number of rotatable bonds is 8. The quantitative estimate of drug-likeness (QED) is 0.506. The van der Waals surface area contributed by atoms with E-state index in [1.54, 1.807) is 26.4 Å². The van der Waals surface area contributed by atoms with Crippen molar-refractivity contribution in [2.75, 3.05) is 32.2 Å². The molecule has 184 valence electrons. The van der Waals surface area contributed by atoms with Crippen LogP contribution in [-0.2, 0) is 11.3 Å². The monoisotopic (exact) mass is 476 g/mol. The van der Waals surface area contributed by atoms with Crippen LogP contribution in [-0.4, -0.2) is 48.3 Å². The molecule has 2 aliphatic rings. The summed E-state index contributed by atoms with van der Waals surface area (Å²) in [5.41, 5.74) is 1.31. The number of carbonyl (C=O) groups is 1. The van der Waals surface area contributed by atoms with Crippen molar-refractivity contribution in [1.29, 1.82) is 0 Å². The maximum Gasteiger partial charge on any atom is 0.229 e. The number of hydrogen-bond donors (Lipinski definition) is 2. The molecule has 3 aromatic rings. The van der Waals surface area contributed by atoms with Gasteiger partial charge in [-0.05, 0) is 36.8 Å². The molecule has 0 spiro atoms. The van der Waals surface area contributed by atoms with Gasteiger partial charge in [-0.25, -0.2) is 4.98 Å². The Morgan fingerprint density at radius 2 is 1.77 bits per heavy atom. The molecular weight excluding hydrogens is 444 g/mol. The van der Waals surface area contributed by atoms with Crippen molar-refractivity contribution in [3.63, 3.8) is 0 Å². The third-order valence-corrected chi connectivity index (χ3v) is 7.33. The number of anilines is 1. The Bertz CT molecular complexity index is 1200. The summed E-state index contributed by atoms with van der Waals surface area (Å²) >= 11 is 0. The van der Waals surface area contributed by atoms with Gasteiger partial charge in [-0.1, -0.05) is 43.2 Å². The lowest BCUT2D eigenvalue weighted by Crippen LogP contribution is -2.49. The summed E-state index contributed by atoms with van der Waals surface area (Å²) in [6.45, 7) is 1.86. The van der Waals surface area contributed by atoms with Crippen molar-refractivity contribution in [1.82, 2.24) is 15.3 Å². The molecule has 1 amide bonds. The molecule has 0 unspecified atom stereocenters. The van der Waals surface area contributed by atoms with E-state index in [1.807, 2.05) is 30.3 Å². The lowest BCUT2D eigenvalue weighted by Gasteiger charge is -2.41. The molecule has 0 atom stereocenters. The first-order valence-electron chi connectivity index (χ1n) is 12.2. The number of hydrogen-bond acceptors (Lipinski definition) is 7. The van der Waals surface area contributed by atoms with Gasteiger partial charge < -0.3 is 24.8 Å². The molecule has 0 radical (unpaired) electrons. The maximum absolute atomic E-state index is 13.4. The molecule has 1 saturated carbocycles. The lowest BCUT2D eigenvalue weighted by atomic mass is 9.73. The summed E-state index contributed by atoms with van der Waals surface area (Å²) in [7, 11) is 3.12. The lowest BCUT2D eigenvalue weighted by molar-refractivity contribution is -0.133. The first-order chi connectivity index (χ1) is 17.0. The normalized spacial score (nSPS) is 17.3. The molecule has 2 fully saturated rings. The number of nitrogens with zero attached hydrogens (tertiary/aromatic N) is 3. The third-order valence-electron chi connectivity index (χ3n) is 7.33. The second kappa shape index (κ2) is 9.60. The largest absolute Gasteiger partial charge is 0.493 e. The fourth-order valence-electron chi connectivity index (χ4n) is 5.07. The van der Waals surface area contributed by atoms with Crippen LogP contribution in [0.25, 0.3) is 10.9 Å². The van der Waals surface area contributed by atoms with Crippen LogP contribution in [0.15, 0.2) is 42.5 Å². The molecule has 2 N–H and O–H groups in total. The Balaban J connectivity index is 1.33. The highest BCUT2D eigenvalue weighted by Crippen LogP contribution is 2.46. The van der Waals surface area contributed by atoms with Crippen LogP contribution in [0.1, 0.15) is 37.7 Å². The number of piperidine rings is 1. The highest BCUT2D eigenvalue weighted by molar-refractivity contribution is 5.88. The summed E-state index contributed by atoms with van der Waals surface area (Å²) < 4.78 is 10.7. The summed E-state index contributed by atoms with van der Waals surface area (Å²) in [6, 6.07) is 13.5. The van der Waals surface area contributed by atoms with Crippen molar-refractivity contribution in [3.8, 4) is 17.4 Å². The second-order valence-corrected chi connectivity index (χ2v) is 9.65. The summed E-state index contributed by atoms with van der Waals surface area (Å²) in [6.07, 6.45) is 4.83. The minimum atomic E-state index is -0.373. The predicted octanol–water partition coefficient (Wildman–Crippen LogP) is 4.06. The minimum Gasteiger partial charge on any atom is -0.493 e. The Morgan fingerprint density at radius 3 is 2.43 bits per heavy atom. The fraction of sp³-hybridized carbons (Fsp3) is 0.444. The number of ether oxygens (including phenoxy) is 2. The van der Waals surface area contributed by atoms with Crippen LogP contribution in [0.5, 0.6) is 17.4 Å². The molecule has 0 bridgehead atoms. The average molecular weight is 477 g/mol. The number of amides is 1. The van der Waals surface area contributed by atoms with Gasteiger partial charge in [-0.15, -0.1) is 0 Å². The van der Waals surface area contributed by atoms with E-state index in [0.29, 0.717) is 53.9 Å². The van der Waals surface area contributed by atoms with E-state index >= 15 is 0 Å². The number of benzene rings is 2. The topological polar surface area (TPSA) is 96.8 Å². The molecule has 2 heterocycles. The van der Waals surface area contributed by atoms with Crippen molar-refractivity contribution >= 4 is 22.8 Å². The van der Waals surface area contributed by atoms with Gasteiger partial charge in [0.15, 0.2) is 11.5 Å². The molecule has 35 heavy (non-hydrogen) atoms. The third kappa shape index (κ3) is 4.83. The smallest absolute Gasteiger partial charge is 0.229 e. The first-order valence-corrected chi connectivity index (χ1v) is 12.2. The van der Waals surface area contributed by atoms with E-state index in [0.717, 1.165) is 24.8 Å². The zero-order chi connectivity index (χ0) is 24.4. The Kier molecular flexibility index (Phi) is 6.36. The van der Waals surface area contributed by atoms with Gasteiger partial charge in [0.1, 0.15) is 0 Å². The number of carbonyl (C=O) groups excluding carboxylic acids is 1. The molecule has 1 saturated heterocycles. The van der Waals surface area contributed by atoms with Crippen LogP contribution in [0.2, 0.25) is 0 Å². The van der Waals surface area contributed by atoms with Crippen molar-refractivity contribution < 1.29 is 19.4 Å². The average Bonchev–Trinajstić information content (AvgIpc) is 3.71. The second-order valence-electron chi connectivity index (χ2n) is 9.65. The van der Waals surface area contributed by atoms with Crippen LogP contribution in [0.4, 0.5) is 5.95 Å². The Hall–Kier alpha value is -3.55. The number of fused-ring (bicyclic) bond motifs is 1. The van der Waals surface area contributed by atoms with E-state index in [2.05, 4.69) is 15.2 Å². The van der Waals surface area contributed by atoms with E-state index in [4.69, 9.17) is 14.5 Å². The van der Waals surface area contributed by atoms with E-state index < -0.39 is 0 Å². The van der Waals surface area contributed by atoms with Crippen LogP contribution in [0.3, 0.4) is 0 Å². The fourth-order valence-corrected chi connectivity index (χ4v) is 5.07. The summed E-state index contributed by atoms with van der Waals surface area (Å²) in [4.78, 5) is 24.6. The number of nitrogens with one attached hydrogen (secondary N) is 1. The molecule has 8 heteroatoms. The SMILES string of the molecule is COc1cc2nc(N3CCC(CC4CC4)(C(=O)NCc4ccccc4)CC3)nc(O)c2cc1OC. The molecule has 5 rings (SSSR count). The van der Waals surface area contributed by atoms with Crippen molar-refractivity contribution in [2.45, 2.75) is 38.6 Å². The standard InChI is InChI=1S/C27H32N4O4/c1-34-22-14-20-21(15-23(22)35-2)29-26(30-24(20)32)31-12-10-27(11-13-31,16-18-8-9-18)25(33)28-17-19-6-4-3-5-7-19/h3-7,14-15,18H,8-13,16-17H2,1-2H3,(H,28,33)(H,29,30,32). The van der Waals surface area contributed by atoms with Gasteiger partial charge in [0.2, 0.25) is 17.7 Å². The zero-order valence-electron chi connectivity index (χ0n) is 20.3. The van der Waals surface area contributed by atoms with Gasteiger partial charge in [0, 0.05) is 25.7 Å². The van der Waals surface area contributed by atoms with Crippen molar-refractivity contribution in [3.05, 3.63) is 48.0 Å². The minimum absolute atomic E-state index is 0.0959. The molecule has 8 nitrogen and oxygen atoms in total. The van der Waals surface area contributed by atoms with Gasteiger partial charge in [0.25, 0.3) is 0 Å². The predicted molar refractivity (Wildman–Crippen MR) is 134 cm³/mol. The molecule has 1 aliphatic heterocycles. The Labute approximate surface area is 205 Å². The molecule has 2 aromatic carbocycles. The van der Waals surface area contributed by atoms with Crippen molar-refractivity contribution in [2.24, 2.45) is 11.3 Å². The molecule has 1 aromatic heterocycles. The van der Waals surface area contributed by atoms with Crippen LogP contribution < -0.4 is 19.7 Å². The van der Waals surface area contributed by atoms with Gasteiger partial charge in [-0.3, -0.25) is 4.79 Å². The summed E-state index contributed by atoms with van der Waals surface area (Å²) in [5, 5.41) is 14.3. The van der Waals surface area contributed by atoms with E-state index in [-0.39, 0.29) is 17.2 Å². The van der Waals surface area contributed by atoms with Crippen LogP contribution >= 0.6 is 0 Å². The van der Waals surface area contributed by atoms with Crippen LogP contribution in [0, 0.1) is 11.3 Å². The number of aromatic nitrogens is 2. The maximum atomic E-state index is 13.4. The van der Waals surface area contributed by atoms with E-state index in [1.165, 1.54) is 12.8 Å². The summed E-state index contributed by atoms with van der Waals surface area (Å²) in [5.74, 6) is 2.21. The van der Waals surface area contributed by atoms with Gasteiger partial charge in [0.05, 0.1) is 30.5 Å². The van der Waals surface area contributed by atoms with Gasteiger partial charge >= 0.3 is 0 Å². The number of aromatic hydroxyl groups is 1. The van der Waals surface area contributed by atoms with Gasteiger partial charge in [-0.2, -0.15) is 4.98 Å². The Morgan fingerprint density at radius 1 is 1.09 bits per heavy atom. The highest BCUT2D eigenvalue weighted by atomic mass is 16.5. The molecular formula is C27H32N4O4. The highest BCUT2D eigenvalue weighted by Gasteiger charge is 2.45. The first kappa shape index (κ1) is 23.2.